The summed E-state index contributed by atoms with van der Waals surface area (Å²) in [6.45, 7) is 4.53. The van der Waals surface area contributed by atoms with Crippen LogP contribution in [0.3, 0.4) is 0 Å². The van der Waals surface area contributed by atoms with E-state index in [4.69, 9.17) is 9.84 Å². The summed E-state index contributed by atoms with van der Waals surface area (Å²) < 4.78 is 45.8. The number of nitrogens with zero attached hydrogens (tertiary/aromatic N) is 1. The van der Waals surface area contributed by atoms with Crippen LogP contribution in [0.1, 0.15) is 37.8 Å². The van der Waals surface area contributed by atoms with Gasteiger partial charge in [-0.15, -0.1) is 13.2 Å². The Morgan fingerprint density at radius 1 is 1.00 bits per heavy atom. The Hall–Kier alpha value is -3.18. The van der Waals surface area contributed by atoms with E-state index in [1.807, 2.05) is 19.2 Å². The molecule has 1 N–H and O–H groups in total. The van der Waals surface area contributed by atoms with Crippen LogP contribution in [0.4, 0.5) is 13.2 Å². The summed E-state index contributed by atoms with van der Waals surface area (Å²) in [4.78, 5) is 13.3. The van der Waals surface area contributed by atoms with Crippen molar-refractivity contribution in [1.82, 2.24) is 4.90 Å². The zero-order chi connectivity index (χ0) is 23.8. The number of hydrogen-bond acceptors (Lipinski definition) is 4. The van der Waals surface area contributed by atoms with Gasteiger partial charge >= 0.3 is 12.3 Å². The molecule has 8 heteroatoms. The van der Waals surface area contributed by atoms with Crippen LogP contribution in [0.25, 0.3) is 0 Å². The Morgan fingerprint density at radius 2 is 1.56 bits per heavy atom. The fourth-order valence-corrected chi connectivity index (χ4v) is 2.73. The molecular formula is C24H26F3NO4. The van der Waals surface area contributed by atoms with Gasteiger partial charge in [-0.25, -0.2) is 4.79 Å². The van der Waals surface area contributed by atoms with Crippen molar-refractivity contribution < 1.29 is 32.5 Å². The average molecular weight is 449 g/mol. The summed E-state index contributed by atoms with van der Waals surface area (Å²) in [5, 5.41) is 9.13. The Balaban J connectivity index is 1.74. The lowest BCUT2D eigenvalue weighted by Gasteiger charge is -2.22. The predicted octanol–water partition coefficient (Wildman–Crippen LogP) is 5.09. The lowest BCUT2D eigenvalue weighted by atomic mass is 10.1. The molecule has 0 fully saturated rings. The van der Waals surface area contributed by atoms with Crippen LogP contribution in [0.15, 0.2) is 48.5 Å². The first kappa shape index (κ1) is 25.1. The maximum absolute atomic E-state index is 12.2. The normalized spacial score (nSPS) is 11.6. The minimum absolute atomic E-state index is 0.269. The number of rotatable bonds is 9. The van der Waals surface area contributed by atoms with E-state index in [2.05, 4.69) is 21.5 Å². The summed E-state index contributed by atoms with van der Waals surface area (Å²) in [5.74, 6) is 5.15. The van der Waals surface area contributed by atoms with Gasteiger partial charge in [0.25, 0.3) is 0 Å². The number of ether oxygens (including phenoxy) is 2. The Kier molecular flexibility index (Phi) is 8.56. The van der Waals surface area contributed by atoms with Gasteiger partial charge in [0.2, 0.25) is 0 Å². The zero-order valence-electron chi connectivity index (χ0n) is 18.2. The van der Waals surface area contributed by atoms with Gasteiger partial charge in [0.1, 0.15) is 11.5 Å². The first-order valence-electron chi connectivity index (χ1n) is 9.99. The van der Waals surface area contributed by atoms with E-state index in [1.165, 1.54) is 38.1 Å². The number of alkyl halides is 3. The monoisotopic (exact) mass is 449 g/mol. The largest absolute Gasteiger partial charge is 0.573 e. The SMILES string of the molecule is CN(CCCC#Cc1ccc(OC(F)(F)F)cc1)Cc1ccc(OC(C)(C)C(=O)O)cc1. The minimum Gasteiger partial charge on any atom is -0.478 e. The van der Waals surface area contributed by atoms with Crippen LogP contribution in [0, 0.1) is 11.8 Å². The number of halogens is 3. The molecule has 2 rings (SSSR count). The smallest absolute Gasteiger partial charge is 0.478 e. The fourth-order valence-electron chi connectivity index (χ4n) is 2.73. The van der Waals surface area contributed by atoms with E-state index in [9.17, 15) is 18.0 Å². The molecule has 172 valence electrons. The third kappa shape index (κ3) is 8.90. The number of unbranched alkanes of at least 4 members (excludes halogenated alkanes) is 1. The number of benzene rings is 2. The first-order chi connectivity index (χ1) is 14.9. The second-order valence-electron chi connectivity index (χ2n) is 7.78. The van der Waals surface area contributed by atoms with E-state index in [0.29, 0.717) is 17.7 Å². The van der Waals surface area contributed by atoms with Gasteiger partial charge in [-0.2, -0.15) is 0 Å². The van der Waals surface area contributed by atoms with Gasteiger partial charge < -0.3 is 19.5 Å². The molecule has 0 unspecified atom stereocenters. The van der Waals surface area contributed by atoms with Crippen LogP contribution in [-0.2, 0) is 11.3 Å². The molecule has 0 radical (unpaired) electrons. The van der Waals surface area contributed by atoms with Gasteiger partial charge in [0, 0.05) is 18.5 Å². The highest BCUT2D eigenvalue weighted by atomic mass is 19.4. The van der Waals surface area contributed by atoms with Crippen molar-refractivity contribution in [3.63, 3.8) is 0 Å². The Morgan fingerprint density at radius 3 is 2.12 bits per heavy atom. The molecule has 0 bridgehead atoms. The molecule has 0 saturated heterocycles. The average Bonchev–Trinajstić information content (AvgIpc) is 2.69. The van der Waals surface area contributed by atoms with Crippen molar-refractivity contribution in [1.29, 1.82) is 0 Å². The summed E-state index contributed by atoms with van der Waals surface area (Å²) in [6.07, 6.45) is -3.21. The Bertz CT molecular complexity index is 942. The minimum atomic E-state index is -4.70. The number of hydrogen-bond donors (Lipinski definition) is 1. The molecular weight excluding hydrogens is 423 g/mol. The van der Waals surface area contributed by atoms with Gasteiger partial charge in [-0.05, 0) is 75.8 Å². The van der Waals surface area contributed by atoms with Crippen molar-refractivity contribution in [2.24, 2.45) is 0 Å². The molecule has 2 aromatic carbocycles. The molecule has 0 amide bonds. The van der Waals surface area contributed by atoms with Gasteiger partial charge in [-0.1, -0.05) is 24.0 Å². The zero-order valence-corrected chi connectivity index (χ0v) is 18.2. The van der Waals surface area contributed by atoms with E-state index >= 15 is 0 Å². The van der Waals surface area contributed by atoms with E-state index in [0.717, 1.165) is 25.1 Å². The molecule has 0 aliphatic heterocycles. The summed E-state index contributed by atoms with van der Waals surface area (Å²) >= 11 is 0. The number of carboxylic acid groups (broad SMARTS) is 1. The quantitative estimate of drug-likeness (QED) is 0.427. The highest BCUT2D eigenvalue weighted by Crippen LogP contribution is 2.22. The van der Waals surface area contributed by atoms with Gasteiger partial charge in [-0.3, -0.25) is 0 Å². The number of aliphatic carboxylic acids is 1. The second-order valence-corrected chi connectivity index (χ2v) is 7.78. The molecule has 0 heterocycles. The van der Waals surface area contributed by atoms with Crippen molar-refractivity contribution in [2.75, 3.05) is 13.6 Å². The lowest BCUT2D eigenvalue weighted by molar-refractivity contribution is -0.274. The molecule has 5 nitrogen and oxygen atoms in total. The van der Waals surface area contributed by atoms with Crippen LogP contribution in [-0.4, -0.2) is 41.5 Å². The molecule has 0 aliphatic rings. The predicted molar refractivity (Wildman–Crippen MR) is 114 cm³/mol. The second kappa shape index (κ2) is 10.9. The first-order valence-corrected chi connectivity index (χ1v) is 9.99. The van der Waals surface area contributed by atoms with Crippen LogP contribution < -0.4 is 9.47 Å². The van der Waals surface area contributed by atoms with Gasteiger partial charge in [0.15, 0.2) is 5.60 Å². The third-order valence-electron chi connectivity index (χ3n) is 4.43. The molecule has 0 aliphatic carbocycles. The van der Waals surface area contributed by atoms with Crippen molar-refractivity contribution in [3.05, 3.63) is 59.7 Å². The lowest BCUT2D eigenvalue weighted by Crippen LogP contribution is -2.37. The van der Waals surface area contributed by atoms with Crippen molar-refractivity contribution >= 4 is 5.97 Å². The summed E-state index contributed by atoms with van der Waals surface area (Å²) in [7, 11) is 1.99. The molecule has 0 saturated carbocycles. The number of carbonyl (C=O) groups is 1. The topological polar surface area (TPSA) is 59.0 Å². The van der Waals surface area contributed by atoms with E-state index < -0.39 is 17.9 Å². The van der Waals surface area contributed by atoms with Crippen molar-refractivity contribution in [3.8, 4) is 23.3 Å². The van der Waals surface area contributed by atoms with E-state index in [1.54, 1.807) is 12.1 Å². The van der Waals surface area contributed by atoms with Crippen LogP contribution in [0.2, 0.25) is 0 Å². The van der Waals surface area contributed by atoms with Crippen LogP contribution >= 0.6 is 0 Å². The molecule has 0 aromatic heterocycles. The number of carboxylic acids is 1. The highest BCUT2D eigenvalue weighted by Gasteiger charge is 2.31. The fraction of sp³-hybridized carbons (Fsp3) is 0.375. The van der Waals surface area contributed by atoms with Crippen LogP contribution in [0.5, 0.6) is 11.5 Å². The molecule has 0 spiro atoms. The van der Waals surface area contributed by atoms with Gasteiger partial charge in [0.05, 0.1) is 0 Å². The third-order valence-corrected chi connectivity index (χ3v) is 4.43. The summed E-state index contributed by atoms with van der Waals surface area (Å²) in [6, 6.07) is 12.8. The molecule has 2 aromatic rings. The van der Waals surface area contributed by atoms with E-state index in [-0.39, 0.29) is 5.75 Å². The standard InChI is InChI=1S/C24H26F3NO4/c1-23(2,22(29)30)31-20-14-10-19(11-15-20)17-28(3)16-6-4-5-7-18-8-12-21(13-9-18)32-24(25,26)27/h8-15H,4,6,16-17H2,1-3H3,(H,29,30). The maximum Gasteiger partial charge on any atom is 0.573 e. The molecule has 32 heavy (non-hydrogen) atoms. The van der Waals surface area contributed by atoms with Crippen molar-refractivity contribution in [2.45, 2.75) is 45.2 Å². The highest BCUT2D eigenvalue weighted by molar-refractivity contribution is 5.76. The molecule has 0 atom stereocenters. The Labute approximate surface area is 185 Å². The summed E-state index contributed by atoms with van der Waals surface area (Å²) in [5.41, 5.74) is 0.402. The maximum atomic E-state index is 12.2.